The maximum absolute atomic E-state index is 11.8. The van der Waals surface area contributed by atoms with E-state index < -0.39 is 21.1 Å². The molecule has 0 bridgehead atoms. The molecule has 8 heteroatoms. The molecular formula is C13H15ClO6S. The Bertz CT molecular complexity index is 628. The van der Waals surface area contributed by atoms with E-state index in [2.05, 4.69) is 0 Å². The Morgan fingerprint density at radius 2 is 2.19 bits per heavy atom. The average Bonchev–Trinajstić information content (AvgIpc) is 2.85. The number of esters is 1. The fourth-order valence-electron chi connectivity index (χ4n) is 1.98. The lowest BCUT2D eigenvalue weighted by Gasteiger charge is -2.10. The Morgan fingerprint density at radius 3 is 2.86 bits per heavy atom. The third-order valence-corrected chi connectivity index (χ3v) is 4.34. The van der Waals surface area contributed by atoms with E-state index in [4.69, 9.17) is 24.9 Å². The second-order valence-corrected chi connectivity index (χ2v) is 7.10. The molecule has 0 amide bonds. The van der Waals surface area contributed by atoms with E-state index in [9.17, 15) is 13.2 Å². The van der Waals surface area contributed by atoms with Crippen LogP contribution in [0.2, 0.25) is 0 Å². The molecule has 2 rings (SSSR count). The van der Waals surface area contributed by atoms with Gasteiger partial charge in [0.1, 0.15) is 5.75 Å². The Labute approximate surface area is 127 Å². The lowest BCUT2D eigenvalue weighted by Crippen LogP contribution is -2.28. The molecule has 1 heterocycles. The summed E-state index contributed by atoms with van der Waals surface area (Å²) < 4.78 is 37.9. The van der Waals surface area contributed by atoms with Crippen LogP contribution in [-0.2, 0) is 29.7 Å². The zero-order chi connectivity index (χ0) is 15.5. The first-order valence-corrected chi connectivity index (χ1v) is 8.62. The Hall–Kier alpha value is -1.31. The zero-order valence-electron chi connectivity index (χ0n) is 11.4. The SMILES string of the molecule is COCCCOC(=O)C1Cc2cc(S(=O)(=O)Cl)ccc2O1. The highest BCUT2D eigenvalue weighted by Crippen LogP contribution is 2.32. The highest BCUT2D eigenvalue weighted by atomic mass is 35.7. The summed E-state index contributed by atoms with van der Waals surface area (Å²) in [6.07, 6.45) is 0.116. The second-order valence-electron chi connectivity index (χ2n) is 4.53. The number of halogens is 1. The quantitative estimate of drug-likeness (QED) is 0.445. The van der Waals surface area contributed by atoms with Gasteiger partial charge in [-0.1, -0.05) is 0 Å². The summed E-state index contributed by atoms with van der Waals surface area (Å²) in [5.74, 6) is -0.00417. The summed E-state index contributed by atoms with van der Waals surface area (Å²) in [5.41, 5.74) is 0.621. The molecule has 0 radical (unpaired) electrons. The maximum Gasteiger partial charge on any atom is 0.347 e. The van der Waals surface area contributed by atoms with E-state index in [0.717, 1.165) is 0 Å². The highest BCUT2D eigenvalue weighted by molar-refractivity contribution is 8.13. The average molecular weight is 335 g/mol. The van der Waals surface area contributed by atoms with Crippen molar-refractivity contribution in [1.29, 1.82) is 0 Å². The van der Waals surface area contributed by atoms with Crippen LogP contribution in [0, 0.1) is 0 Å². The van der Waals surface area contributed by atoms with E-state index in [-0.39, 0.29) is 17.9 Å². The number of fused-ring (bicyclic) bond motifs is 1. The highest BCUT2D eigenvalue weighted by Gasteiger charge is 2.31. The van der Waals surface area contributed by atoms with Crippen LogP contribution in [0.15, 0.2) is 23.1 Å². The van der Waals surface area contributed by atoms with Crippen molar-refractivity contribution in [3.63, 3.8) is 0 Å². The molecule has 0 fully saturated rings. The molecule has 0 N–H and O–H groups in total. The Balaban J connectivity index is 1.98. The summed E-state index contributed by atoms with van der Waals surface area (Å²) in [7, 11) is 3.06. The summed E-state index contributed by atoms with van der Waals surface area (Å²) in [6.45, 7) is 0.764. The van der Waals surface area contributed by atoms with Crippen LogP contribution >= 0.6 is 10.7 Å². The molecule has 0 spiro atoms. The standard InChI is InChI=1S/C13H15ClO6S/c1-18-5-2-6-19-13(15)12-8-9-7-10(21(14,16)17)3-4-11(9)20-12/h3-4,7,12H,2,5-6,8H2,1H3. The van der Waals surface area contributed by atoms with Gasteiger partial charge in [0.25, 0.3) is 9.05 Å². The van der Waals surface area contributed by atoms with Gasteiger partial charge in [-0.25, -0.2) is 13.2 Å². The maximum atomic E-state index is 11.8. The van der Waals surface area contributed by atoms with Crippen molar-refractivity contribution in [3.8, 4) is 5.75 Å². The van der Waals surface area contributed by atoms with Gasteiger partial charge >= 0.3 is 5.97 Å². The van der Waals surface area contributed by atoms with Crippen LogP contribution in [-0.4, -0.2) is 40.8 Å². The van der Waals surface area contributed by atoms with Crippen molar-refractivity contribution in [2.24, 2.45) is 0 Å². The fourth-order valence-corrected chi connectivity index (χ4v) is 2.78. The second kappa shape index (κ2) is 6.64. The Morgan fingerprint density at radius 1 is 1.43 bits per heavy atom. The van der Waals surface area contributed by atoms with E-state index >= 15 is 0 Å². The third-order valence-electron chi connectivity index (χ3n) is 2.99. The smallest absolute Gasteiger partial charge is 0.347 e. The molecule has 1 atom stereocenters. The molecule has 1 unspecified atom stereocenters. The van der Waals surface area contributed by atoms with Crippen LogP contribution in [0.1, 0.15) is 12.0 Å². The Kier molecular flexibility index (Phi) is 5.08. The van der Waals surface area contributed by atoms with Crippen molar-refractivity contribution in [1.82, 2.24) is 0 Å². The number of ether oxygens (including phenoxy) is 3. The lowest BCUT2D eigenvalue weighted by atomic mass is 10.1. The molecule has 1 aliphatic heterocycles. The van der Waals surface area contributed by atoms with Gasteiger partial charge in [0, 0.05) is 37.2 Å². The predicted molar refractivity (Wildman–Crippen MR) is 75.1 cm³/mol. The monoisotopic (exact) mass is 334 g/mol. The van der Waals surface area contributed by atoms with Crippen molar-refractivity contribution in [2.75, 3.05) is 20.3 Å². The molecule has 0 aliphatic carbocycles. The number of carbonyl (C=O) groups is 1. The minimum atomic E-state index is -3.80. The van der Waals surface area contributed by atoms with Crippen molar-refractivity contribution in [3.05, 3.63) is 23.8 Å². The molecule has 0 aromatic heterocycles. The fraction of sp³-hybridized carbons (Fsp3) is 0.462. The van der Waals surface area contributed by atoms with Crippen LogP contribution in [0.4, 0.5) is 0 Å². The van der Waals surface area contributed by atoms with Crippen molar-refractivity contribution in [2.45, 2.75) is 23.8 Å². The number of rotatable bonds is 6. The van der Waals surface area contributed by atoms with Crippen molar-refractivity contribution < 1.29 is 27.4 Å². The van der Waals surface area contributed by atoms with Gasteiger partial charge in [-0.3, -0.25) is 0 Å². The van der Waals surface area contributed by atoms with Gasteiger partial charge in [-0.05, 0) is 23.8 Å². The van der Waals surface area contributed by atoms with Gasteiger partial charge in [-0.2, -0.15) is 0 Å². The molecule has 21 heavy (non-hydrogen) atoms. The van der Waals surface area contributed by atoms with E-state index in [1.54, 1.807) is 7.11 Å². The van der Waals surface area contributed by atoms with Crippen LogP contribution < -0.4 is 4.74 Å². The zero-order valence-corrected chi connectivity index (χ0v) is 12.9. The van der Waals surface area contributed by atoms with Crippen LogP contribution in [0.5, 0.6) is 5.75 Å². The van der Waals surface area contributed by atoms with E-state index in [1.807, 2.05) is 0 Å². The predicted octanol–water partition coefficient (Wildman–Crippen LogP) is 1.50. The van der Waals surface area contributed by atoms with Crippen LogP contribution in [0.3, 0.4) is 0 Å². The number of hydrogen-bond acceptors (Lipinski definition) is 6. The molecule has 1 aliphatic rings. The van der Waals surface area contributed by atoms with Crippen LogP contribution in [0.25, 0.3) is 0 Å². The normalized spacial score (nSPS) is 17.1. The molecule has 116 valence electrons. The third kappa shape index (κ3) is 4.09. The largest absolute Gasteiger partial charge is 0.478 e. The summed E-state index contributed by atoms with van der Waals surface area (Å²) >= 11 is 0. The molecule has 6 nitrogen and oxygen atoms in total. The van der Waals surface area contributed by atoms with E-state index in [1.165, 1.54) is 18.2 Å². The van der Waals surface area contributed by atoms with Crippen molar-refractivity contribution >= 4 is 25.7 Å². The lowest BCUT2D eigenvalue weighted by molar-refractivity contribution is -0.151. The molecule has 0 saturated carbocycles. The number of methoxy groups -OCH3 is 1. The van der Waals surface area contributed by atoms with Gasteiger partial charge < -0.3 is 14.2 Å². The minimum absolute atomic E-state index is 0.0133. The van der Waals surface area contributed by atoms with Gasteiger partial charge in [-0.15, -0.1) is 0 Å². The summed E-state index contributed by atoms with van der Waals surface area (Å²) in [5, 5.41) is 0. The minimum Gasteiger partial charge on any atom is -0.478 e. The number of benzene rings is 1. The first-order valence-electron chi connectivity index (χ1n) is 6.31. The first kappa shape index (κ1) is 16.1. The van der Waals surface area contributed by atoms with E-state index in [0.29, 0.717) is 24.3 Å². The topological polar surface area (TPSA) is 78.9 Å². The number of carbonyl (C=O) groups excluding carboxylic acids is 1. The molecule has 1 aromatic rings. The van der Waals surface area contributed by atoms with Gasteiger partial charge in [0.05, 0.1) is 11.5 Å². The molecule has 0 saturated heterocycles. The van der Waals surface area contributed by atoms with Gasteiger partial charge in [0.2, 0.25) is 0 Å². The first-order chi connectivity index (χ1) is 9.91. The van der Waals surface area contributed by atoms with Gasteiger partial charge in [0.15, 0.2) is 6.10 Å². The number of hydrogen-bond donors (Lipinski definition) is 0. The molecule has 1 aromatic carbocycles. The summed E-state index contributed by atoms with van der Waals surface area (Å²) in [4.78, 5) is 11.8. The molecular weight excluding hydrogens is 320 g/mol. The summed E-state index contributed by atoms with van der Waals surface area (Å²) in [6, 6.07) is 4.24.